The van der Waals surface area contributed by atoms with Crippen LogP contribution in [0.5, 0.6) is 0 Å². The van der Waals surface area contributed by atoms with Crippen LogP contribution in [0.15, 0.2) is 4.74 Å². The molecule has 0 fully saturated rings. The number of nitrogens with zero attached hydrogens (tertiary/aromatic N) is 2. The second kappa shape index (κ2) is 12.9. The number of hydrogen-bond donors (Lipinski definition) is 0. The summed E-state index contributed by atoms with van der Waals surface area (Å²) in [6.07, 6.45) is -0.711. The largest absolute Gasteiger partial charge is 0.594 e. The van der Waals surface area contributed by atoms with Crippen LogP contribution in [0.4, 0.5) is 0 Å². The maximum absolute atomic E-state index is 11.9. The van der Waals surface area contributed by atoms with Gasteiger partial charge < -0.3 is 14.4 Å². The van der Waals surface area contributed by atoms with E-state index in [1.54, 1.807) is 13.8 Å². The van der Waals surface area contributed by atoms with Crippen LogP contribution in [-0.4, -0.2) is 54.9 Å². The molecule has 118 valence electrons. The van der Waals surface area contributed by atoms with Crippen LogP contribution >= 0.6 is 31.3 Å². The Morgan fingerprint density at radius 1 is 1.25 bits per heavy atom. The molecule has 0 saturated heterocycles. The highest BCUT2D eigenvalue weighted by Gasteiger charge is 2.20. The van der Waals surface area contributed by atoms with Crippen LogP contribution in [0.2, 0.25) is 0 Å². The van der Waals surface area contributed by atoms with Gasteiger partial charge in [0.2, 0.25) is 0 Å². The Morgan fingerprint density at radius 3 is 2.15 bits per heavy atom. The second-order valence-electron chi connectivity index (χ2n) is 3.62. The molecule has 6 nitrogen and oxygen atoms in total. The number of amides is 1. The smallest absolute Gasteiger partial charge is 0.294 e. The highest BCUT2D eigenvalue weighted by molar-refractivity contribution is 7.37. The first-order chi connectivity index (χ1) is 9.58. The molecule has 0 aliphatic heterocycles. The third kappa shape index (κ3) is 9.19. The van der Waals surface area contributed by atoms with Crippen molar-refractivity contribution in [3.05, 3.63) is 0 Å². The van der Waals surface area contributed by atoms with Gasteiger partial charge in [0, 0.05) is 25.0 Å². The van der Waals surface area contributed by atoms with E-state index in [1.807, 2.05) is 0 Å². The first kappa shape index (κ1) is 20.2. The Morgan fingerprint density at radius 2 is 1.75 bits per heavy atom. The number of rotatable bonds is 11. The number of halogens is 2. The summed E-state index contributed by atoms with van der Waals surface area (Å²) in [6.45, 7) is 5.18. The summed E-state index contributed by atoms with van der Waals surface area (Å²) in [4.78, 5) is 23.6. The molecular formula is C11H21Cl2N2O4P. The molecule has 1 amide bonds. The lowest BCUT2D eigenvalue weighted by atomic mass is 10.4. The van der Waals surface area contributed by atoms with Crippen molar-refractivity contribution in [3.63, 3.8) is 0 Å². The molecule has 1 unspecified atom stereocenters. The molecule has 0 aromatic carbocycles. The molecule has 9 heteroatoms. The highest BCUT2D eigenvalue weighted by atomic mass is 35.5. The standard InChI is InChI=1S/C11H21Cl2N2O4P/c1-3-18-11(19-4-2)9-10(16)14-20(17)15(7-5-12)8-6-13/h11H,3-9H2,1-2H3. The van der Waals surface area contributed by atoms with Crippen LogP contribution in [0, 0.1) is 0 Å². The molecule has 20 heavy (non-hydrogen) atoms. The van der Waals surface area contributed by atoms with Crippen LogP contribution in [0.3, 0.4) is 0 Å². The fraction of sp³-hybridized carbons (Fsp3) is 0.909. The van der Waals surface area contributed by atoms with Gasteiger partial charge in [-0.05, 0) is 18.6 Å². The van der Waals surface area contributed by atoms with E-state index >= 15 is 0 Å². The summed E-state index contributed by atoms with van der Waals surface area (Å²) in [5, 5.41) is 0. The van der Waals surface area contributed by atoms with Crippen LogP contribution < -0.4 is 4.89 Å². The lowest BCUT2D eigenvalue weighted by molar-refractivity contribution is -0.166. The minimum atomic E-state index is -2.17. The predicted molar refractivity (Wildman–Crippen MR) is 79.0 cm³/mol. The maximum atomic E-state index is 11.9. The van der Waals surface area contributed by atoms with E-state index in [9.17, 15) is 9.69 Å². The van der Waals surface area contributed by atoms with Gasteiger partial charge >= 0.3 is 0 Å². The molecule has 0 N–H and O–H groups in total. The fourth-order valence-electron chi connectivity index (χ4n) is 1.36. The third-order valence-electron chi connectivity index (χ3n) is 2.17. The van der Waals surface area contributed by atoms with E-state index in [-0.39, 0.29) is 6.42 Å². The molecular weight excluding hydrogens is 326 g/mol. The van der Waals surface area contributed by atoms with E-state index in [4.69, 9.17) is 32.7 Å². The Labute approximate surface area is 130 Å². The van der Waals surface area contributed by atoms with Crippen molar-refractivity contribution in [2.75, 3.05) is 38.1 Å². The molecule has 0 rings (SSSR count). The van der Waals surface area contributed by atoms with Crippen molar-refractivity contribution in [1.82, 2.24) is 4.67 Å². The summed E-state index contributed by atoms with van der Waals surface area (Å²) in [5.74, 6) is 0.0665. The number of alkyl halides is 2. The Kier molecular flexibility index (Phi) is 13.0. The average Bonchev–Trinajstić information content (AvgIpc) is 2.38. The molecule has 0 radical (unpaired) electrons. The predicted octanol–water partition coefficient (Wildman–Crippen LogP) is 1.94. The maximum Gasteiger partial charge on any atom is 0.294 e. The summed E-state index contributed by atoms with van der Waals surface area (Å²) in [6, 6.07) is 0. The highest BCUT2D eigenvalue weighted by Crippen LogP contribution is 2.22. The van der Waals surface area contributed by atoms with Crippen molar-refractivity contribution < 1.29 is 19.2 Å². The molecule has 0 aromatic heterocycles. The van der Waals surface area contributed by atoms with Gasteiger partial charge in [0.25, 0.3) is 14.0 Å². The Bertz CT molecular complexity index is 296. The lowest BCUT2D eigenvalue weighted by Gasteiger charge is -2.15. The van der Waals surface area contributed by atoms with Crippen molar-refractivity contribution in [2.24, 2.45) is 4.74 Å². The molecule has 0 bridgehead atoms. The van der Waals surface area contributed by atoms with Crippen molar-refractivity contribution in [1.29, 1.82) is 0 Å². The minimum Gasteiger partial charge on any atom is -0.594 e. The normalized spacial score (nSPS) is 12.4. The summed E-state index contributed by atoms with van der Waals surface area (Å²) < 4.78 is 15.6. The van der Waals surface area contributed by atoms with Gasteiger partial charge in [0.05, 0.1) is 19.5 Å². The Hall–Kier alpha value is 0.190. The quantitative estimate of drug-likeness (QED) is 0.324. The molecule has 1 atom stereocenters. The van der Waals surface area contributed by atoms with Crippen molar-refractivity contribution in [3.8, 4) is 0 Å². The van der Waals surface area contributed by atoms with Crippen LogP contribution in [0.1, 0.15) is 20.3 Å². The number of carbonyl (C=O) groups excluding carboxylic acids is 1. The molecule has 0 saturated carbocycles. The van der Waals surface area contributed by atoms with E-state index in [2.05, 4.69) is 4.74 Å². The zero-order chi connectivity index (χ0) is 15.4. The van der Waals surface area contributed by atoms with Crippen LogP contribution in [0.25, 0.3) is 0 Å². The van der Waals surface area contributed by atoms with E-state index < -0.39 is 20.3 Å². The van der Waals surface area contributed by atoms with Gasteiger partial charge in [-0.25, -0.2) is 0 Å². The summed E-state index contributed by atoms with van der Waals surface area (Å²) in [7, 11) is -2.17. The van der Waals surface area contributed by atoms with Gasteiger partial charge in [-0.3, -0.25) is 4.79 Å². The molecule has 0 heterocycles. The third-order valence-corrected chi connectivity index (χ3v) is 3.79. The first-order valence-corrected chi connectivity index (χ1v) is 8.64. The van der Waals surface area contributed by atoms with E-state index in [0.29, 0.717) is 38.1 Å². The zero-order valence-electron chi connectivity index (χ0n) is 11.8. The van der Waals surface area contributed by atoms with Gasteiger partial charge in [-0.15, -0.1) is 27.9 Å². The average molecular weight is 347 g/mol. The van der Waals surface area contributed by atoms with Crippen molar-refractivity contribution in [2.45, 2.75) is 26.6 Å². The second-order valence-corrected chi connectivity index (χ2v) is 5.65. The van der Waals surface area contributed by atoms with E-state index in [0.717, 1.165) is 0 Å². The Balaban J connectivity index is 4.53. The van der Waals surface area contributed by atoms with Gasteiger partial charge in [-0.1, -0.05) is 0 Å². The van der Waals surface area contributed by atoms with E-state index in [1.165, 1.54) is 4.67 Å². The number of ether oxygens (including phenoxy) is 2. The number of carbonyl (C=O) groups is 1. The molecule has 0 spiro atoms. The minimum absolute atomic E-state index is 0.0572. The first-order valence-electron chi connectivity index (χ1n) is 6.40. The van der Waals surface area contributed by atoms with Gasteiger partial charge in [-0.2, -0.15) is 0 Å². The number of hydrogen-bond acceptors (Lipinski definition) is 4. The lowest BCUT2D eigenvalue weighted by Crippen LogP contribution is -2.25. The van der Waals surface area contributed by atoms with Gasteiger partial charge in [0.15, 0.2) is 6.29 Å². The molecule has 0 aromatic rings. The zero-order valence-corrected chi connectivity index (χ0v) is 14.2. The fourth-order valence-corrected chi connectivity index (χ4v) is 2.94. The van der Waals surface area contributed by atoms with Crippen LogP contribution in [-0.2, 0) is 14.3 Å². The van der Waals surface area contributed by atoms with Gasteiger partial charge in [0.1, 0.15) is 0 Å². The summed E-state index contributed by atoms with van der Waals surface area (Å²) in [5.41, 5.74) is 0. The van der Waals surface area contributed by atoms with Crippen molar-refractivity contribution >= 4 is 37.2 Å². The monoisotopic (exact) mass is 346 g/mol. The summed E-state index contributed by atoms with van der Waals surface area (Å²) >= 11 is 11.2. The topological polar surface area (TPSA) is 74.2 Å². The SMILES string of the molecule is CCOC(CC(=O)N=[P+]([O-])N(CCCl)CCCl)OCC. The molecule has 0 aliphatic carbocycles. The molecule has 0 aliphatic rings.